The van der Waals surface area contributed by atoms with Crippen LogP contribution in [-0.4, -0.2) is 37.2 Å². The second-order valence-corrected chi connectivity index (χ2v) is 22.0. The Morgan fingerprint density at radius 3 is 0.753 bits per heavy atom. The normalized spacial score (nSPS) is 13.0. The van der Waals surface area contributed by atoms with E-state index < -0.39 is 6.10 Å². The molecule has 0 rings (SSSR count). The van der Waals surface area contributed by atoms with E-state index in [4.69, 9.17) is 14.2 Å². The van der Waals surface area contributed by atoms with Crippen molar-refractivity contribution in [1.29, 1.82) is 0 Å². The van der Waals surface area contributed by atoms with E-state index in [0.29, 0.717) is 19.3 Å². The number of unbranched alkanes of at least 4 members (excludes halogenated alkanes) is 27. The van der Waals surface area contributed by atoms with Crippen LogP contribution < -0.4 is 0 Å². The Morgan fingerprint density at radius 1 is 0.259 bits per heavy atom. The van der Waals surface area contributed by atoms with Gasteiger partial charge in [-0.2, -0.15) is 0 Å². The molecule has 0 aromatic carbocycles. The van der Waals surface area contributed by atoms with Crippen molar-refractivity contribution in [3.05, 3.63) is 134 Å². The molecule has 0 spiro atoms. The Balaban J connectivity index is 4.11. The van der Waals surface area contributed by atoms with Gasteiger partial charge in [0.2, 0.25) is 0 Å². The maximum absolute atomic E-state index is 12.9. The molecule has 0 radical (unpaired) electrons. The lowest BCUT2D eigenvalue weighted by Gasteiger charge is -2.18. The van der Waals surface area contributed by atoms with Gasteiger partial charge >= 0.3 is 17.9 Å². The molecule has 0 aliphatic carbocycles. The quantitative estimate of drug-likeness (QED) is 0.0261. The average Bonchev–Trinajstić information content (AvgIpc) is 3.47. The fourth-order valence-corrected chi connectivity index (χ4v) is 9.18. The molecule has 1 unspecified atom stereocenters. The minimum absolute atomic E-state index is 0.0830. The van der Waals surface area contributed by atoms with E-state index in [0.717, 1.165) is 135 Å². The molecule has 1 atom stereocenters. The maximum Gasteiger partial charge on any atom is 0.306 e. The van der Waals surface area contributed by atoms with Crippen molar-refractivity contribution < 1.29 is 28.6 Å². The van der Waals surface area contributed by atoms with Gasteiger partial charge in [0.05, 0.1) is 0 Å². The highest BCUT2D eigenvalue weighted by molar-refractivity contribution is 5.71. The smallest absolute Gasteiger partial charge is 0.306 e. The molecule has 0 fully saturated rings. The van der Waals surface area contributed by atoms with Crippen LogP contribution in [0.3, 0.4) is 0 Å². The summed E-state index contributed by atoms with van der Waals surface area (Å²) >= 11 is 0. The maximum atomic E-state index is 12.9. The Labute approximate surface area is 500 Å². The van der Waals surface area contributed by atoms with E-state index in [1.54, 1.807) is 0 Å². The molecule has 0 amide bonds. The molecule has 0 aliphatic heterocycles. The minimum Gasteiger partial charge on any atom is -0.462 e. The van der Waals surface area contributed by atoms with Crippen LogP contribution in [0.5, 0.6) is 0 Å². The van der Waals surface area contributed by atoms with Crippen LogP contribution in [0.15, 0.2) is 134 Å². The lowest BCUT2D eigenvalue weighted by Crippen LogP contribution is -2.30. The van der Waals surface area contributed by atoms with Crippen LogP contribution >= 0.6 is 0 Å². The molecule has 0 saturated carbocycles. The van der Waals surface area contributed by atoms with Crippen LogP contribution in [0.1, 0.15) is 303 Å². The van der Waals surface area contributed by atoms with E-state index in [9.17, 15) is 14.4 Å². The van der Waals surface area contributed by atoms with Crippen molar-refractivity contribution >= 4 is 17.9 Å². The topological polar surface area (TPSA) is 78.9 Å². The molecule has 460 valence electrons. The molecule has 0 heterocycles. The number of rotatable bonds is 60. The minimum atomic E-state index is -0.785. The van der Waals surface area contributed by atoms with Crippen LogP contribution in [0, 0.1) is 0 Å². The fourth-order valence-electron chi connectivity index (χ4n) is 9.18. The molecule has 6 heteroatoms. The number of hydrogen-bond acceptors (Lipinski definition) is 6. The molecule has 6 nitrogen and oxygen atoms in total. The first-order valence-corrected chi connectivity index (χ1v) is 33.7. The van der Waals surface area contributed by atoms with E-state index in [1.807, 2.05) is 0 Å². The number of carbonyl (C=O) groups is 3. The standard InChI is InChI=1S/C75H124O6/c1-4-7-10-13-16-18-20-22-24-26-28-30-32-33-34-35-36-37-38-39-40-41-43-44-46-48-50-52-54-56-59-62-65-68-74(77)80-71-72(70-79-73(76)67-64-61-58-15-12-9-6-3)81-75(78)69-66-63-60-57-55-53-51-49-47-45-42-31-29-27-25-23-21-19-17-14-11-8-5-2/h7-8,10-11,16-19,22-25,28-31,33-34,36-37,45,47,72H,4-6,9,12-15,20-21,26-27,32,35,38-44,46,48-71H2,1-3H3/b10-7-,11-8-,18-16-,19-17-,24-22-,25-23-,30-28-,31-29-,34-33-,37-36-,47-45-. The summed E-state index contributed by atoms with van der Waals surface area (Å²) in [7, 11) is 0. The van der Waals surface area contributed by atoms with Gasteiger partial charge in [0, 0.05) is 19.3 Å². The Bertz CT molecular complexity index is 1720. The molecule has 0 saturated heterocycles. The molecule has 0 aliphatic rings. The summed E-state index contributed by atoms with van der Waals surface area (Å²) in [6, 6.07) is 0. The van der Waals surface area contributed by atoms with Crippen molar-refractivity contribution in [1.82, 2.24) is 0 Å². The van der Waals surface area contributed by atoms with Crippen molar-refractivity contribution in [3.63, 3.8) is 0 Å². The average molecular weight is 1120 g/mol. The summed E-state index contributed by atoms with van der Waals surface area (Å²) < 4.78 is 16.9. The number of allylic oxidation sites excluding steroid dienone is 22. The SMILES string of the molecule is CC/C=C\C/C=C\C/C=C\C/C=C\C/C=C\C/C=C\CCCCCCCCCCCCCCCCC(=O)OCC(COC(=O)CCCCCCCCC)OC(=O)CCCCCCCCC/C=C\C/C=C\C/C=C\C/C=C\C/C=C\CC. The second-order valence-electron chi connectivity index (χ2n) is 22.0. The third-order valence-electron chi connectivity index (χ3n) is 14.2. The zero-order chi connectivity index (χ0) is 58.5. The van der Waals surface area contributed by atoms with Gasteiger partial charge in [0.1, 0.15) is 13.2 Å². The van der Waals surface area contributed by atoms with Gasteiger partial charge in [0.15, 0.2) is 6.10 Å². The Kier molecular flexibility index (Phi) is 64.3. The highest BCUT2D eigenvalue weighted by Gasteiger charge is 2.19. The number of carbonyl (C=O) groups excluding carboxylic acids is 3. The lowest BCUT2D eigenvalue weighted by molar-refractivity contribution is -0.167. The highest BCUT2D eigenvalue weighted by atomic mass is 16.6. The van der Waals surface area contributed by atoms with Crippen molar-refractivity contribution in [2.24, 2.45) is 0 Å². The molecule has 0 aromatic rings. The summed E-state index contributed by atoms with van der Waals surface area (Å²) in [4.78, 5) is 38.1. The largest absolute Gasteiger partial charge is 0.462 e. The molecule has 0 bridgehead atoms. The van der Waals surface area contributed by atoms with Gasteiger partial charge in [-0.3, -0.25) is 14.4 Å². The first-order chi connectivity index (χ1) is 40.0. The van der Waals surface area contributed by atoms with Gasteiger partial charge in [-0.15, -0.1) is 0 Å². The number of hydrogen-bond donors (Lipinski definition) is 0. The molecule has 0 N–H and O–H groups in total. The summed E-state index contributed by atoms with van der Waals surface area (Å²) in [5.41, 5.74) is 0. The first-order valence-electron chi connectivity index (χ1n) is 33.7. The fraction of sp³-hybridized carbons (Fsp3) is 0.667. The van der Waals surface area contributed by atoms with E-state index >= 15 is 0 Å². The third-order valence-corrected chi connectivity index (χ3v) is 14.2. The van der Waals surface area contributed by atoms with Crippen LogP contribution in [0.2, 0.25) is 0 Å². The van der Waals surface area contributed by atoms with Gasteiger partial charge in [-0.1, -0.05) is 302 Å². The van der Waals surface area contributed by atoms with E-state index in [-0.39, 0.29) is 31.1 Å². The van der Waals surface area contributed by atoms with E-state index in [2.05, 4.69) is 154 Å². The zero-order valence-electron chi connectivity index (χ0n) is 52.8. The molecular weight excluding hydrogens is 997 g/mol. The predicted molar refractivity (Wildman–Crippen MR) is 353 cm³/mol. The number of ether oxygens (including phenoxy) is 3. The summed E-state index contributed by atoms with van der Waals surface area (Å²) in [6.07, 6.45) is 96.4. The monoisotopic (exact) mass is 1120 g/mol. The van der Waals surface area contributed by atoms with Gasteiger partial charge in [-0.05, 0) is 116 Å². The Morgan fingerprint density at radius 2 is 0.481 bits per heavy atom. The molecular formula is C75H124O6. The number of esters is 3. The zero-order valence-corrected chi connectivity index (χ0v) is 52.8. The predicted octanol–water partition coefficient (Wildman–Crippen LogP) is 23.3. The summed E-state index contributed by atoms with van der Waals surface area (Å²) in [5.74, 6) is -0.896. The highest BCUT2D eigenvalue weighted by Crippen LogP contribution is 2.16. The van der Waals surface area contributed by atoms with Crippen LogP contribution in [0.4, 0.5) is 0 Å². The van der Waals surface area contributed by atoms with Crippen LogP contribution in [0.25, 0.3) is 0 Å². The first kappa shape index (κ1) is 76.5. The van der Waals surface area contributed by atoms with Crippen molar-refractivity contribution in [3.8, 4) is 0 Å². The summed E-state index contributed by atoms with van der Waals surface area (Å²) in [5, 5.41) is 0. The van der Waals surface area contributed by atoms with Gasteiger partial charge in [0.25, 0.3) is 0 Å². The second kappa shape index (κ2) is 68.1. The van der Waals surface area contributed by atoms with Crippen molar-refractivity contribution in [2.75, 3.05) is 13.2 Å². The van der Waals surface area contributed by atoms with E-state index in [1.165, 1.54) is 128 Å². The van der Waals surface area contributed by atoms with Crippen molar-refractivity contribution in [2.45, 2.75) is 309 Å². The van der Waals surface area contributed by atoms with Crippen LogP contribution in [-0.2, 0) is 28.6 Å². The molecule has 81 heavy (non-hydrogen) atoms. The third kappa shape index (κ3) is 66.2. The lowest BCUT2D eigenvalue weighted by atomic mass is 10.0. The molecule has 0 aromatic heterocycles. The Hall–Kier alpha value is -4.45. The van der Waals surface area contributed by atoms with Gasteiger partial charge in [-0.25, -0.2) is 0 Å². The van der Waals surface area contributed by atoms with Gasteiger partial charge < -0.3 is 14.2 Å². The summed E-state index contributed by atoms with van der Waals surface area (Å²) in [6.45, 7) is 6.37.